The van der Waals surface area contributed by atoms with E-state index >= 15 is 0 Å². The standard InChI is InChI=1S/C25H29FN2O2/c1-18(20-8-6-5-7-9-20)27-24(29)23-15-14-22(30-23)17-28(25(2,3)4)16-19-10-12-21(26)13-11-19/h5-15,18H,16-17H2,1-4H3,(H,27,29)/t18-/m1/s1. The summed E-state index contributed by atoms with van der Waals surface area (Å²) in [6.07, 6.45) is 0. The lowest BCUT2D eigenvalue weighted by molar-refractivity contribution is 0.0893. The molecule has 0 aliphatic heterocycles. The molecule has 30 heavy (non-hydrogen) atoms. The number of furan rings is 1. The summed E-state index contributed by atoms with van der Waals surface area (Å²) in [7, 11) is 0. The first-order valence-corrected chi connectivity index (χ1v) is 10.2. The zero-order chi connectivity index (χ0) is 21.7. The molecular formula is C25H29FN2O2. The van der Waals surface area contributed by atoms with Crippen LogP contribution in [0.25, 0.3) is 0 Å². The predicted molar refractivity (Wildman–Crippen MR) is 116 cm³/mol. The Morgan fingerprint density at radius 3 is 2.30 bits per heavy atom. The van der Waals surface area contributed by atoms with Crippen LogP contribution >= 0.6 is 0 Å². The number of hydrogen-bond acceptors (Lipinski definition) is 3. The fraction of sp³-hybridized carbons (Fsp3) is 0.320. The molecule has 0 saturated carbocycles. The quantitative estimate of drug-likeness (QED) is 0.545. The van der Waals surface area contributed by atoms with Gasteiger partial charge in [-0.1, -0.05) is 42.5 Å². The first-order valence-electron chi connectivity index (χ1n) is 10.2. The molecule has 3 aromatic rings. The summed E-state index contributed by atoms with van der Waals surface area (Å²) in [5.74, 6) is 0.527. The molecule has 4 nitrogen and oxygen atoms in total. The van der Waals surface area contributed by atoms with Gasteiger partial charge in [-0.3, -0.25) is 9.69 Å². The molecule has 0 radical (unpaired) electrons. The first-order chi connectivity index (χ1) is 14.2. The van der Waals surface area contributed by atoms with E-state index < -0.39 is 0 Å². The van der Waals surface area contributed by atoms with Crippen LogP contribution in [0.4, 0.5) is 4.39 Å². The van der Waals surface area contributed by atoms with E-state index in [0.717, 1.165) is 11.1 Å². The number of amides is 1. The maximum Gasteiger partial charge on any atom is 0.287 e. The van der Waals surface area contributed by atoms with Gasteiger partial charge in [0.25, 0.3) is 5.91 Å². The third kappa shape index (κ3) is 5.80. The van der Waals surface area contributed by atoms with Gasteiger partial charge in [-0.05, 0) is 63.1 Å². The van der Waals surface area contributed by atoms with Crippen LogP contribution in [-0.2, 0) is 13.1 Å². The molecule has 0 aliphatic rings. The average Bonchev–Trinajstić information content (AvgIpc) is 3.18. The minimum Gasteiger partial charge on any atom is -0.455 e. The van der Waals surface area contributed by atoms with Crippen LogP contribution in [0.1, 0.15) is 61.2 Å². The summed E-state index contributed by atoms with van der Waals surface area (Å²) in [4.78, 5) is 14.8. The molecule has 2 aromatic carbocycles. The molecule has 0 fully saturated rings. The number of nitrogens with one attached hydrogen (secondary N) is 1. The fourth-order valence-electron chi connectivity index (χ4n) is 3.21. The molecule has 0 spiro atoms. The summed E-state index contributed by atoms with van der Waals surface area (Å²) >= 11 is 0. The van der Waals surface area contributed by atoms with Crippen molar-refractivity contribution in [3.8, 4) is 0 Å². The number of rotatable bonds is 7. The van der Waals surface area contributed by atoms with Crippen molar-refractivity contribution >= 4 is 5.91 Å². The molecule has 1 aromatic heterocycles. The summed E-state index contributed by atoms with van der Waals surface area (Å²) in [5, 5.41) is 2.97. The summed E-state index contributed by atoms with van der Waals surface area (Å²) in [6.45, 7) is 9.50. The zero-order valence-corrected chi connectivity index (χ0v) is 18.0. The Balaban J connectivity index is 1.67. The average molecular weight is 409 g/mol. The summed E-state index contributed by atoms with van der Waals surface area (Å²) < 4.78 is 19.1. The third-order valence-corrected chi connectivity index (χ3v) is 5.11. The highest BCUT2D eigenvalue weighted by Crippen LogP contribution is 2.22. The van der Waals surface area contributed by atoms with Gasteiger partial charge in [0.1, 0.15) is 11.6 Å². The maximum absolute atomic E-state index is 13.2. The van der Waals surface area contributed by atoms with E-state index in [4.69, 9.17) is 4.42 Å². The summed E-state index contributed by atoms with van der Waals surface area (Å²) in [6, 6.07) is 19.8. The molecule has 1 amide bonds. The second kappa shape index (κ2) is 9.26. The lowest BCUT2D eigenvalue weighted by atomic mass is 10.0. The molecule has 1 heterocycles. The van der Waals surface area contributed by atoms with Crippen molar-refractivity contribution in [1.82, 2.24) is 10.2 Å². The number of carbonyl (C=O) groups is 1. The lowest BCUT2D eigenvalue weighted by Crippen LogP contribution is -2.40. The fourth-order valence-corrected chi connectivity index (χ4v) is 3.21. The van der Waals surface area contributed by atoms with Crippen molar-refractivity contribution in [3.63, 3.8) is 0 Å². The number of nitrogens with zero attached hydrogens (tertiary/aromatic N) is 1. The molecule has 5 heteroatoms. The van der Waals surface area contributed by atoms with Crippen molar-refractivity contribution < 1.29 is 13.6 Å². The van der Waals surface area contributed by atoms with Crippen molar-refractivity contribution in [2.24, 2.45) is 0 Å². The highest BCUT2D eigenvalue weighted by Gasteiger charge is 2.24. The number of benzene rings is 2. The van der Waals surface area contributed by atoms with E-state index in [-0.39, 0.29) is 23.3 Å². The van der Waals surface area contributed by atoms with Gasteiger partial charge in [0, 0.05) is 12.1 Å². The molecular weight excluding hydrogens is 379 g/mol. The molecule has 0 aliphatic carbocycles. The van der Waals surface area contributed by atoms with E-state index in [1.165, 1.54) is 12.1 Å². The smallest absolute Gasteiger partial charge is 0.287 e. The number of carbonyl (C=O) groups excluding carboxylic acids is 1. The monoisotopic (exact) mass is 408 g/mol. The normalized spacial score (nSPS) is 12.7. The molecule has 3 rings (SSSR count). The Kier molecular flexibility index (Phi) is 6.73. The number of halogens is 1. The predicted octanol–water partition coefficient (Wildman–Crippen LogP) is 5.71. The van der Waals surface area contributed by atoms with Crippen LogP contribution in [0.3, 0.4) is 0 Å². The van der Waals surface area contributed by atoms with Crippen molar-refractivity contribution in [2.75, 3.05) is 0 Å². The molecule has 0 bridgehead atoms. The van der Waals surface area contributed by atoms with Crippen LogP contribution in [0.15, 0.2) is 71.1 Å². The Hall–Kier alpha value is -2.92. The van der Waals surface area contributed by atoms with Crippen LogP contribution in [0, 0.1) is 5.82 Å². The van der Waals surface area contributed by atoms with Gasteiger partial charge < -0.3 is 9.73 Å². The van der Waals surface area contributed by atoms with Crippen molar-refractivity contribution in [2.45, 2.75) is 52.4 Å². The Morgan fingerprint density at radius 1 is 1.00 bits per heavy atom. The number of hydrogen-bond donors (Lipinski definition) is 1. The van der Waals surface area contributed by atoms with Crippen molar-refractivity contribution in [3.05, 3.63) is 95.2 Å². The molecule has 0 saturated heterocycles. The van der Waals surface area contributed by atoms with Gasteiger partial charge in [0.05, 0.1) is 12.6 Å². The molecule has 1 N–H and O–H groups in total. The van der Waals surface area contributed by atoms with Gasteiger partial charge in [-0.15, -0.1) is 0 Å². The summed E-state index contributed by atoms with van der Waals surface area (Å²) in [5.41, 5.74) is 1.93. The van der Waals surface area contributed by atoms with Crippen LogP contribution in [0.2, 0.25) is 0 Å². The Labute approximate surface area is 177 Å². The SMILES string of the molecule is C[C@@H](NC(=O)c1ccc(CN(Cc2ccc(F)cc2)C(C)(C)C)o1)c1ccccc1. The topological polar surface area (TPSA) is 45.5 Å². The largest absolute Gasteiger partial charge is 0.455 e. The van der Waals surface area contributed by atoms with Gasteiger partial charge in [0.15, 0.2) is 5.76 Å². The van der Waals surface area contributed by atoms with E-state index in [0.29, 0.717) is 24.6 Å². The van der Waals surface area contributed by atoms with Gasteiger partial charge >= 0.3 is 0 Å². The molecule has 0 unspecified atom stereocenters. The van der Waals surface area contributed by atoms with E-state index in [1.54, 1.807) is 18.2 Å². The minimum absolute atomic E-state index is 0.114. The first kappa shape index (κ1) is 21.8. The lowest BCUT2D eigenvalue weighted by Gasteiger charge is -2.35. The molecule has 158 valence electrons. The van der Waals surface area contributed by atoms with E-state index in [1.807, 2.05) is 43.3 Å². The maximum atomic E-state index is 13.2. The Bertz CT molecular complexity index is 959. The highest BCUT2D eigenvalue weighted by molar-refractivity contribution is 5.91. The van der Waals surface area contributed by atoms with Crippen LogP contribution < -0.4 is 5.32 Å². The second-order valence-electron chi connectivity index (χ2n) is 8.53. The van der Waals surface area contributed by atoms with Gasteiger partial charge in [-0.25, -0.2) is 4.39 Å². The molecule has 1 atom stereocenters. The van der Waals surface area contributed by atoms with E-state index in [9.17, 15) is 9.18 Å². The highest BCUT2D eigenvalue weighted by atomic mass is 19.1. The van der Waals surface area contributed by atoms with Crippen molar-refractivity contribution in [1.29, 1.82) is 0 Å². The van der Waals surface area contributed by atoms with Gasteiger partial charge in [0.2, 0.25) is 0 Å². The van der Waals surface area contributed by atoms with E-state index in [2.05, 4.69) is 31.0 Å². The zero-order valence-electron chi connectivity index (χ0n) is 18.0. The van der Waals surface area contributed by atoms with Crippen LogP contribution in [0.5, 0.6) is 0 Å². The third-order valence-electron chi connectivity index (χ3n) is 5.11. The minimum atomic E-state index is -0.243. The second-order valence-corrected chi connectivity index (χ2v) is 8.53. The Morgan fingerprint density at radius 2 is 1.67 bits per heavy atom. The van der Waals surface area contributed by atoms with Crippen LogP contribution in [-0.4, -0.2) is 16.3 Å². The van der Waals surface area contributed by atoms with Gasteiger partial charge in [-0.2, -0.15) is 0 Å².